The van der Waals surface area contributed by atoms with E-state index >= 15 is 0 Å². The SMILES string of the molecule is COCCCC[C@@](O)(c1cccc(F)c1OCC1CC1)[C@@H]1CCCN(C(C)(C)C)C1. The van der Waals surface area contributed by atoms with Crippen LogP contribution in [-0.4, -0.2) is 49.0 Å². The van der Waals surface area contributed by atoms with Crippen molar-refractivity contribution in [2.75, 3.05) is 33.4 Å². The number of ether oxygens (including phenoxy) is 2. The first-order valence-corrected chi connectivity index (χ1v) is 11.6. The molecule has 30 heavy (non-hydrogen) atoms. The maximum Gasteiger partial charge on any atom is 0.165 e. The fraction of sp³-hybridized carbons (Fsp3) is 0.760. The third-order valence-corrected chi connectivity index (χ3v) is 6.80. The molecule has 0 bridgehead atoms. The molecule has 1 aromatic rings. The van der Waals surface area contributed by atoms with Crippen LogP contribution in [0.3, 0.4) is 0 Å². The van der Waals surface area contributed by atoms with Gasteiger partial charge in [0, 0.05) is 37.3 Å². The molecule has 2 aliphatic rings. The van der Waals surface area contributed by atoms with Crippen molar-refractivity contribution in [2.24, 2.45) is 11.8 Å². The number of benzene rings is 1. The van der Waals surface area contributed by atoms with Gasteiger partial charge in [-0.1, -0.05) is 12.1 Å². The quantitative estimate of drug-likeness (QED) is 0.532. The van der Waals surface area contributed by atoms with Gasteiger partial charge in [-0.25, -0.2) is 4.39 Å². The number of methoxy groups -OCH3 is 1. The van der Waals surface area contributed by atoms with Crippen molar-refractivity contribution in [1.29, 1.82) is 0 Å². The zero-order valence-electron chi connectivity index (χ0n) is 19.3. The van der Waals surface area contributed by atoms with Gasteiger partial charge in [0.05, 0.1) is 12.2 Å². The number of hydrogen-bond donors (Lipinski definition) is 1. The highest BCUT2D eigenvalue weighted by atomic mass is 19.1. The van der Waals surface area contributed by atoms with E-state index in [1.807, 2.05) is 6.07 Å². The molecule has 170 valence electrons. The summed E-state index contributed by atoms with van der Waals surface area (Å²) in [7, 11) is 1.70. The van der Waals surface area contributed by atoms with E-state index in [0.717, 1.165) is 51.6 Å². The van der Waals surface area contributed by atoms with Crippen molar-refractivity contribution in [2.45, 2.75) is 76.9 Å². The van der Waals surface area contributed by atoms with Gasteiger partial charge in [0.2, 0.25) is 0 Å². The maximum absolute atomic E-state index is 14.9. The zero-order valence-corrected chi connectivity index (χ0v) is 19.3. The first-order valence-electron chi connectivity index (χ1n) is 11.6. The lowest BCUT2D eigenvalue weighted by Gasteiger charge is -2.47. The molecule has 0 amide bonds. The van der Waals surface area contributed by atoms with E-state index < -0.39 is 5.60 Å². The van der Waals surface area contributed by atoms with Gasteiger partial charge in [0.1, 0.15) is 0 Å². The van der Waals surface area contributed by atoms with Crippen molar-refractivity contribution in [1.82, 2.24) is 4.90 Å². The molecular formula is C25H40FNO3. The number of likely N-dealkylation sites (tertiary alicyclic amines) is 1. The monoisotopic (exact) mass is 421 g/mol. The summed E-state index contributed by atoms with van der Waals surface area (Å²) in [5.41, 5.74) is -0.442. The normalized spacial score (nSPS) is 22.7. The maximum atomic E-state index is 14.9. The molecule has 1 heterocycles. The van der Waals surface area contributed by atoms with Crippen molar-refractivity contribution in [3.8, 4) is 5.75 Å². The molecule has 0 aromatic heterocycles. The molecule has 0 unspecified atom stereocenters. The van der Waals surface area contributed by atoms with Crippen LogP contribution in [0.15, 0.2) is 18.2 Å². The standard InChI is InChI=1S/C25H40FNO3/c1-24(2,3)27-15-8-9-20(17-27)25(28,14-5-6-16-29-4)21-10-7-11-22(26)23(21)30-18-19-12-13-19/h7,10-11,19-20,28H,5-6,8-9,12-18H2,1-4H3/t20-,25+/m1/s1. The lowest BCUT2D eigenvalue weighted by Crippen LogP contribution is -2.52. The Morgan fingerprint density at radius 3 is 2.60 bits per heavy atom. The molecule has 0 spiro atoms. The molecule has 5 heteroatoms. The van der Waals surface area contributed by atoms with Crippen molar-refractivity contribution < 1.29 is 19.0 Å². The Labute approximate surface area is 181 Å². The molecule has 2 fully saturated rings. The number of hydrogen-bond acceptors (Lipinski definition) is 4. The summed E-state index contributed by atoms with van der Waals surface area (Å²) < 4.78 is 26.0. The molecule has 1 aromatic carbocycles. The summed E-state index contributed by atoms with van der Waals surface area (Å²) in [5.74, 6) is 0.454. The van der Waals surface area contributed by atoms with Gasteiger partial charge in [-0.05, 0) is 84.2 Å². The molecule has 1 N–H and O–H groups in total. The predicted octanol–water partition coefficient (Wildman–Crippen LogP) is 5.13. The molecule has 1 saturated carbocycles. The fourth-order valence-electron chi connectivity index (χ4n) is 4.66. The van der Waals surface area contributed by atoms with E-state index in [2.05, 4.69) is 25.7 Å². The fourth-order valence-corrected chi connectivity index (χ4v) is 4.66. The minimum absolute atomic E-state index is 0.0399. The first-order chi connectivity index (χ1) is 14.3. The van der Waals surface area contributed by atoms with Crippen LogP contribution >= 0.6 is 0 Å². The second-order valence-electron chi connectivity index (χ2n) is 10.2. The van der Waals surface area contributed by atoms with Crippen molar-refractivity contribution >= 4 is 0 Å². The number of halogens is 1. The molecular weight excluding hydrogens is 381 g/mol. The van der Waals surface area contributed by atoms with Gasteiger partial charge in [-0.15, -0.1) is 0 Å². The third kappa shape index (κ3) is 5.74. The van der Waals surface area contributed by atoms with Gasteiger partial charge >= 0.3 is 0 Å². The van der Waals surface area contributed by atoms with Crippen molar-refractivity contribution in [3.63, 3.8) is 0 Å². The highest BCUT2D eigenvalue weighted by molar-refractivity contribution is 5.40. The van der Waals surface area contributed by atoms with Gasteiger partial charge in [0.25, 0.3) is 0 Å². The Bertz CT molecular complexity index is 685. The van der Waals surface area contributed by atoms with Gasteiger partial charge < -0.3 is 14.6 Å². The van der Waals surface area contributed by atoms with Crippen molar-refractivity contribution in [3.05, 3.63) is 29.6 Å². The van der Waals surface area contributed by atoms with Crippen LogP contribution < -0.4 is 4.74 Å². The van der Waals surface area contributed by atoms with Crippen LogP contribution in [0.2, 0.25) is 0 Å². The second kappa shape index (κ2) is 9.97. The summed E-state index contributed by atoms with van der Waals surface area (Å²) in [5, 5.41) is 12.2. The van der Waals surface area contributed by atoms with E-state index in [4.69, 9.17) is 9.47 Å². The summed E-state index contributed by atoms with van der Waals surface area (Å²) in [6, 6.07) is 5.02. The van der Waals surface area contributed by atoms with Gasteiger partial charge in [-0.3, -0.25) is 4.90 Å². The molecule has 3 rings (SSSR count). The number of rotatable bonds is 10. The van der Waals surface area contributed by atoms with Gasteiger partial charge in [-0.2, -0.15) is 0 Å². The number of nitrogens with zero attached hydrogens (tertiary/aromatic N) is 1. The summed E-state index contributed by atoms with van der Waals surface area (Å²) in [6.07, 6.45) is 6.56. The van der Waals surface area contributed by atoms with Crippen LogP contribution in [0, 0.1) is 17.7 Å². The number of piperidine rings is 1. The molecule has 2 atom stereocenters. The highest BCUT2D eigenvalue weighted by Crippen LogP contribution is 2.45. The number of unbranched alkanes of at least 4 members (excludes halogenated alkanes) is 1. The summed E-state index contributed by atoms with van der Waals surface area (Å²) in [4.78, 5) is 2.45. The highest BCUT2D eigenvalue weighted by Gasteiger charge is 2.44. The smallest absolute Gasteiger partial charge is 0.165 e. The summed E-state index contributed by atoms with van der Waals surface area (Å²) >= 11 is 0. The van der Waals surface area contributed by atoms with Crippen LogP contribution in [0.1, 0.15) is 71.3 Å². The largest absolute Gasteiger partial charge is 0.490 e. The lowest BCUT2D eigenvalue weighted by molar-refractivity contribution is -0.0757. The van der Waals surface area contributed by atoms with Gasteiger partial charge in [0.15, 0.2) is 11.6 Å². The average molecular weight is 422 g/mol. The molecule has 0 radical (unpaired) electrons. The molecule has 1 aliphatic carbocycles. The number of aliphatic hydroxyl groups is 1. The number of para-hydroxylation sites is 1. The van der Waals surface area contributed by atoms with Crippen LogP contribution in [0.4, 0.5) is 4.39 Å². The molecule has 1 aliphatic heterocycles. The van der Waals surface area contributed by atoms with E-state index in [1.165, 1.54) is 6.07 Å². The topological polar surface area (TPSA) is 41.9 Å². The zero-order chi connectivity index (χ0) is 21.8. The van der Waals surface area contributed by atoms with Crippen LogP contribution in [0.25, 0.3) is 0 Å². The first kappa shape index (κ1) is 23.5. The minimum Gasteiger partial charge on any atom is -0.490 e. The Balaban J connectivity index is 1.90. The predicted molar refractivity (Wildman–Crippen MR) is 118 cm³/mol. The van der Waals surface area contributed by atoms with E-state index in [9.17, 15) is 9.50 Å². The lowest BCUT2D eigenvalue weighted by atomic mass is 9.73. The molecule has 4 nitrogen and oxygen atoms in total. The van der Waals surface area contributed by atoms with E-state index in [-0.39, 0.29) is 23.0 Å². The third-order valence-electron chi connectivity index (χ3n) is 6.80. The van der Waals surface area contributed by atoms with E-state index in [1.54, 1.807) is 13.2 Å². The Morgan fingerprint density at radius 2 is 1.93 bits per heavy atom. The Morgan fingerprint density at radius 1 is 1.17 bits per heavy atom. The average Bonchev–Trinajstić information content (AvgIpc) is 3.54. The Hall–Kier alpha value is -1.17. The Kier molecular flexibility index (Phi) is 7.81. The minimum atomic E-state index is -1.11. The second-order valence-corrected chi connectivity index (χ2v) is 10.2. The molecule has 1 saturated heterocycles. The van der Waals surface area contributed by atoms with Crippen LogP contribution in [0.5, 0.6) is 5.75 Å². The van der Waals surface area contributed by atoms with E-state index in [0.29, 0.717) is 31.1 Å². The van der Waals surface area contributed by atoms with Crippen LogP contribution in [-0.2, 0) is 10.3 Å². The summed E-state index contributed by atoms with van der Waals surface area (Å²) in [6.45, 7) is 9.71.